The largest absolute Gasteiger partial charge is 0.490 e. The summed E-state index contributed by atoms with van der Waals surface area (Å²) in [6, 6.07) is 9.17. The molecule has 1 aliphatic heterocycles. The van der Waals surface area contributed by atoms with Crippen LogP contribution in [0.25, 0.3) is 0 Å². The first-order chi connectivity index (χ1) is 11.6. The molecule has 1 saturated heterocycles. The van der Waals surface area contributed by atoms with Crippen molar-refractivity contribution >= 4 is 9.84 Å². The van der Waals surface area contributed by atoms with E-state index in [0.717, 1.165) is 18.7 Å². The van der Waals surface area contributed by atoms with E-state index in [1.807, 2.05) is 6.07 Å². The SMILES string of the molecule is O=S1(=O)CC[C@@H](N(Cc2cccc(OC3CCCC3)c2)C2CC2)C1. The van der Waals surface area contributed by atoms with Crippen LogP contribution in [0.5, 0.6) is 5.75 Å². The third-order valence-corrected chi connectivity index (χ3v) is 7.31. The van der Waals surface area contributed by atoms with Gasteiger partial charge in [-0.25, -0.2) is 8.42 Å². The van der Waals surface area contributed by atoms with Crippen molar-refractivity contribution < 1.29 is 13.2 Å². The van der Waals surface area contributed by atoms with E-state index < -0.39 is 9.84 Å². The zero-order chi connectivity index (χ0) is 16.6. The zero-order valence-corrected chi connectivity index (χ0v) is 15.0. The Balaban J connectivity index is 1.44. The van der Waals surface area contributed by atoms with Crippen LogP contribution in [0, 0.1) is 0 Å². The second-order valence-electron chi connectivity index (χ2n) is 7.63. The van der Waals surface area contributed by atoms with Crippen molar-refractivity contribution in [3.63, 3.8) is 0 Å². The van der Waals surface area contributed by atoms with Gasteiger partial charge in [0.2, 0.25) is 0 Å². The van der Waals surface area contributed by atoms with Crippen LogP contribution in [0.15, 0.2) is 24.3 Å². The van der Waals surface area contributed by atoms with Gasteiger partial charge in [0.1, 0.15) is 5.75 Å². The molecule has 1 heterocycles. The molecule has 0 spiro atoms. The molecule has 1 aromatic rings. The number of hydrogen-bond donors (Lipinski definition) is 0. The molecule has 3 aliphatic rings. The molecular weight excluding hydrogens is 322 g/mol. The average Bonchev–Trinajstić information content (AvgIpc) is 3.15. The fourth-order valence-corrected chi connectivity index (χ4v) is 5.87. The van der Waals surface area contributed by atoms with Crippen LogP contribution in [0.2, 0.25) is 0 Å². The Morgan fingerprint density at radius 1 is 1.04 bits per heavy atom. The van der Waals surface area contributed by atoms with E-state index in [2.05, 4.69) is 23.1 Å². The molecule has 1 atom stereocenters. The zero-order valence-electron chi connectivity index (χ0n) is 14.2. The summed E-state index contributed by atoms with van der Waals surface area (Å²) in [5.74, 6) is 1.65. The molecular formula is C19H27NO3S. The third-order valence-electron chi connectivity index (χ3n) is 5.56. The van der Waals surface area contributed by atoms with E-state index in [-0.39, 0.29) is 6.04 Å². The molecule has 4 nitrogen and oxygen atoms in total. The first-order valence-electron chi connectivity index (χ1n) is 9.31. The van der Waals surface area contributed by atoms with Crippen molar-refractivity contribution in [3.8, 4) is 5.75 Å². The highest BCUT2D eigenvalue weighted by Crippen LogP contribution is 2.34. The Bertz CT molecular complexity index is 678. The maximum atomic E-state index is 11.8. The van der Waals surface area contributed by atoms with Gasteiger partial charge in [-0.1, -0.05) is 12.1 Å². The van der Waals surface area contributed by atoms with Gasteiger partial charge in [-0.3, -0.25) is 4.90 Å². The minimum atomic E-state index is -2.83. The van der Waals surface area contributed by atoms with E-state index in [4.69, 9.17) is 4.74 Å². The Kier molecular flexibility index (Phi) is 4.56. The summed E-state index contributed by atoms with van der Waals surface area (Å²) in [5.41, 5.74) is 1.24. The number of rotatable bonds is 6. The van der Waals surface area contributed by atoms with E-state index in [1.165, 1.54) is 44.1 Å². The van der Waals surface area contributed by atoms with Gasteiger partial charge in [-0.05, 0) is 62.6 Å². The summed E-state index contributed by atoms with van der Waals surface area (Å²) in [6.45, 7) is 0.840. The normalized spacial score (nSPS) is 27.0. The van der Waals surface area contributed by atoms with Crippen LogP contribution in [0.3, 0.4) is 0 Å². The first-order valence-corrected chi connectivity index (χ1v) is 11.1. The molecule has 0 N–H and O–H groups in total. The lowest BCUT2D eigenvalue weighted by atomic mass is 10.1. The van der Waals surface area contributed by atoms with E-state index >= 15 is 0 Å². The molecule has 0 unspecified atom stereocenters. The Hall–Kier alpha value is -1.07. The Morgan fingerprint density at radius 3 is 2.50 bits per heavy atom. The number of nitrogens with zero attached hydrogens (tertiary/aromatic N) is 1. The molecule has 0 amide bonds. The molecule has 3 fully saturated rings. The summed E-state index contributed by atoms with van der Waals surface area (Å²) in [4.78, 5) is 2.43. The van der Waals surface area contributed by atoms with Gasteiger partial charge < -0.3 is 4.74 Å². The number of ether oxygens (including phenoxy) is 1. The third kappa shape index (κ3) is 3.94. The molecule has 0 radical (unpaired) electrons. The molecule has 0 bridgehead atoms. The van der Waals surface area contributed by atoms with Gasteiger partial charge in [-0.15, -0.1) is 0 Å². The van der Waals surface area contributed by atoms with Crippen molar-refractivity contribution in [3.05, 3.63) is 29.8 Å². The van der Waals surface area contributed by atoms with Crippen molar-refractivity contribution in [1.29, 1.82) is 0 Å². The minimum Gasteiger partial charge on any atom is -0.490 e. The highest BCUT2D eigenvalue weighted by atomic mass is 32.2. The van der Waals surface area contributed by atoms with Crippen molar-refractivity contribution in [2.45, 2.75) is 69.7 Å². The topological polar surface area (TPSA) is 46.6 Å². The molecule has 132 valence electrons. The van der Waals surface area contributed by atoms with E-state index in [1.54, 1.807) is 0 Å². The summed E-state index contributed by atoms with van der Waals surface area (Å²) in [5, 5.41) is 0. The monoisotopic (exact) mass is 349 g/mol. The average molecular weight is 349 g/mol. The van der Waals surface area contributed by atoms with E-state index in [0.29, 0.717) is 23.7 Å². The molecule has 2 aliphatic carbocycles. The Labute approximate surface area is 145 Å². The first kappa shape index (κ1) is 16.4. The van der Waals surface area contributed by atoms with Gasteiger partial charge in [-0.2, -0.15) is 0 Å². The standard InChI is InChI=1S/C19H27NO3S/c21-24(22)11-10-17(14-24)20(16-8-9-16)13-15-4-3-7-19(12-15)23-18-5-1-2-6-18/h3-4,7,12,16-18H,1-2,5-6,8-11,13-14H2/t17-/m1/s1. The van der Waals surface area contributed by atoms with Crippen molar-refractivity contribution in [2.75, 3.05) is 11.5 Å². The van der Waals surface area contributed by atoms with Crippen molar-refractivity contribution in [2.24, 2.45) is 0 Å². The van der Waals surface area contributed by atoms with Crippen LogP contribution in [0.4, 0.5) is 0 Å². The summed E-state index contributed by atoms with van der Waals surface area (Å²) in [6.07, 6.45) is 8.45. The van der Waals surface area contributed by atoms with Crippen LogP contribution in [-0.4, -0.2) is 43.0 Å². The second kappa shape index (κ2) is 6.68. The molecule has 4 rings (SSSR count). The fourth-order valence-electron chi connectivity index (χ4n) is 4.13. The Morgan fingerprint density at radius 2 is 1.83 bits per heavy atom. The van der Waals surface area contributed by atoms with Crippen LogP contribution >= 0.6 is 0 Å². The lowest BCUT2D eigenvalue weighted by molar-refractivity contribution is 0.191. The van der Waals surface area contributed by atoms with Crippen LogP contribution in [0.1, 0.15) is 50.5 Å². The second-order valence-corrected chi connectivity index (χ2v) is 9.86. The van der Waals surface area contributed by atoms with Crippen LogP contribution in [-0.2, 0) is 16.4 Å². The predicted octanol–water partition coefficient (Wildman–Crippen LogP) is 3.16. The summed E-state index contributed by atoms with van der Waals surface area (Å²) >= 11 is 0. The van der Waals surface area contributed by atoms with Gasteiger partial charge in [0, 0.05) is 18.6 Å². The smallest absolute Gasteiger partial charge is 0.151 e. The van der Waals surface area contributed by atoms with Gasteiger partial charge in [0.15, 0.2) is 9.84 Å². The number of benzene rings is 1. The molecule has 2 saturated carbocycles. The van der Waals surface area contributed by atoms with Crippen molar-refractivity contribution in [1.82, 2.24) is 4.90 Å². The maximum absolute atomic E-state index is 11.8. The van der Waals surface area contributed by atoms with E-state index in [9.17, 15) is 8.42 Å². The molecule has 1 aromatic carbocycles. The summed E-state index contributed by atoms with van der Waals surface area (Å²) < 4.78 is 29.8. The predicted molar refractivity (Wildman–Crippen MR) is 94.9 cm³/mol. The highest BCUT2D eigenvalue weighted by Gasteiger charge is 2.39. The van der Waals surface area contributed by atoms with Crippen LogP contribution < -0.4 is 4.74 Å². The van der Waals surface area contributed by atoms with Gasteiger partial charge in [0.25, 0.3) is 0 Å². The summed E-state index contributed by atoms with van der Waals surface area (Å²) in [7, 11) is -2.83. The fraction of sp³-hybridized carbons (Fsp3) is 0.684. The number of sulfone groups is 1. The minimum absolute atomic E-state index is 0.196. The maximum Gasteiger partial charge on any atom is 0.151 e. The molecule has 5 heteroatoms. The lowest BCUT2D eigenvalue weighted by Gasteiger charge is -2.28. The quantitative estimate of drug-likeness (QED) is 0.791. The number of hydrogen-bond acceptors (Lipinski definition) is 4. The van der Waals surface area contributed by atoms with Gasteiger partial charge >= 0.3 is 0 Å². The lowest BCUT2D eigenvalue weighted by Crippen LogP contribution is -2.37. The highest BCUT2D eigenvalue weighted by molar-refractivity contribution is 7.91. The molecule has 24 heavy (non-hydrogen) atoms. The van der Waals surface area contributed by atoms with Gasteiger partial charge in [0.05, 0.1) is 17.6 Å². The molecule has 0 aromatic heterocycles.